The molecule has 1 amide bonds. The van der Waals surface area contributed by atoms with Crippen LogP contribution in [0.15, 0.2) is 72.9 Å². The van der Waals surface area contributed by atoms with Crippen molar-refractivity contribution in [2.45, 2.75) is 328 Å². The molecule has 0 aromatic rings. The predicted molar refractivity (Wildman–Crippen MR) is 348 cm³/mol. The Morgan fingerprint density at radius 3 is 1.15 bits per heavy atom. The van der Waals surface area contributed by atoms with Crippen LogP contribution in [0, 0.1) is 0 Å². The first-order valence-electron chi connectivity index (χ1n) is 34.2. The lowest BCUT2D eigenvalue weighted by Gasteiger charge is -2.30. The average Bonchev–Trinajstić information content (AvgIpc) is 3.44. The van der Waals surface area contributed by atoms with E-state index in [0.717, 1.165) is 89.9 Å². The average molecular weight is 1160 g/mol. The fourth-order valence-corrected chi connectivity index (χ4v) is 10.5. The van der Waals surface area contributed by atoms with E-state index in [2.05, 4.69) is 86.8 Å². The molecule has 10 heteroatoms. The number of nitrogens with zero attached hydrogens (tertiary/aromatic N) is 1. The van der Waals surface area contributed by atoms with Crippen molar-refractivity contribution in [3.05, 3.63) is 72.9 Å². The number of rotatable bonds is 62. The minimum absolute atomic E-state index is 0.0254. The summed E-state index contributed by atoms with van der Waals surface area (Å²) in [6.45, 7) is 6.82. The van der Waals surface area contributed by atoms with Gasteiger partial charge in [-0.2, -0.15) is 0 Å². The number of allylic oxidation sites excluding steroid dienone is 11. The smallest absolute Gasteiger partial charge is 0.306 e. The molecule has 1 N–H and O–H groups in total. The molecule has 9 nitrogen and oxygen atoms in total. The largest absolute Gasteiger partial charge is 0.756 e. The van der Waals surface area contributed by atoms with Gasteiger partial charge in [0.15, 0.2) is 0 Å². The Morgan fingerprint density at radius 1 is 0.432 bits per heavy atom. The lowest BCUT2D eigenvalue weighted by molar-refractivity contribution is -0.870. The third kappa shape index (κ3) is 61.8. The Bertz CT molecular complexity index is 1620. The molecule has 472 valence electrons. The highest BCUT2D eigenvalue weighted by Crippen LogP contribution is 2.38. The van der Waals surface area contributed by atoms with Gasteiger partial charge in [-0.15, -0.1) is 0 Å². The van der Waals surface area contributed by atoms with Gasteiger partial charge in [-0.25, -0.2) is 0 Å². The molecular formula is C71H131N2O7P. The Labute approximate surface area is 502 Å². The second kappa shape index (κ2) is 60.6. The maximum Gasteiger partial charge on any atom is 0.306 e. The van der Waals surface area contributed by atoms with Crippen LogP contribution in [0.1, 0.15) is 316 Å². The summed E-state index contributed by atoms with van der Waals surface area (Å²) in [7, 11) is 1.18. The highest BCUT2D eigenvalue weighted by Gasteiger charge is 2.27. The Kier molecular flexibility index (Phi) is 58.7. The zero-order valence-corrected chi connectivity index (χ0v) is 54.9. The quantitative estimate of drug-likeness (QED) is 0.0212. The van der Waals surface area contributed by atoms with Gasteiger partial charge >= 0.3 is 5.97 Å². The molecule has 0 fully saturated rings. The van der Waals surface area contributed by atoms with Gasteiger partial charge < -0.3 is 28.5 Å². The number of esters is 1. The minimum atomic E-state index is -4.71. The van der Waals surface area contributed by atoms with Crippen LogP contribution in [0.5, 0.6) is 0 Å². The van der Waals surface area contributed by atoms with Gasteiger partial charge in [0.2, 0.25) is 5.91 Å². The van der Waals surface area contributed by atoms with Crippen molar-refractivity contribution < 1.29 is 37.3 Å². The second-order valence-electron chi connectivity index (χ2n) is 24.3. The molecule has 81 heavy (non-hydrogen) atoms. The summed E-state index contributed by atoms with van der Waals surface area (Å²) in [6.07, 6.45) is 78.6. The van der Waals surface area contributed by atoms with Crippen LogP contribution in [-0.2, 0) is 27.9 Å². The van der Waals surface area contributed by atoms with Crippen molar-refractivity contribution in [1.29, 1.82) is 0 Å². The number of carbonyl (C=O) groups excluding carboxylic acids is 2. The summed E-state index contributed by atoms with van der Waals surface area (Å²) >= 11 is 0. The number of quaternary nitrogens is 1. The summed E-state index contributed by atoms with van der Waals surface area (Å²) < 4.78 is 30.4. The standard InChI is InChI=1S/C71H131N2O7P/c1-7-10-13-16-19-22-25-28-30-32-34-36-38-40-42-45-48-51-54-57-60-63-70(74)72-68(67-79-81(76,77)78-66-65-73(4,5)6)69(62-59-56-53-50-47-44-27-24-21-18-15-12-9-3)80-71(75)64-61-58-55-52-49-46-43-41-39-37-35-33-31-29-26-23-20-17-14-11-8-2/h19-20,22-23,28-31,35,37,59,62,68-69H,7-18,21,24-27,32-34,36,38-58,60-61,63-67H2,1-6H3,(H-,72,74,76,77)/b22-19-,23-20-,30-28-,31-29-,37-35-,62-59+. The Balaban J connectivity index is 5.19. The van der Waals surface area contributed by atoms with Crippen LogP contribution in [-0.4, -0.2) is 69.4 Å². The van der Waals surface area contributed by atoms with Gasteiger partial charge in [0.1, 0.15) is 19.3 Å². The molecule has 0 bridgehead atoms. The number of phosphoric acid groups is 1. The lowest BCUT2D eigenvalue weighted by Crippen LogP contribution is -2.47. The van der Waals surface area contributed by atoms with Crippen LogP contribution in [0.4, 0.5) is 0 Å². The first kappa shape index (κ1) is 78.5. The molecule has 0 aliphatic heterocycles. The predicted octanol–water partition coefficient (Wildman–Crippen LogP) is 20.9. The zero-order chi connectivity index (χ0) is 59.3. The van der Waals surface area contributed by atoms with Gasteiger partial charge in [-0.1, -0.05) is 274 Å². The van der Waals surface area contributed by atoms with E-state index >= 15 is 0 Å². The minimum Gasteiger partial charge on any atom is -0.756 e. The van der Waals surface area contributed by atoms with E-state index in [0.29, 0.717) is 17.4 Å². The SMILES string of the molecule is CCCCC/C=C\C/C=C\C/C=C\CCCCCCCCCCC(=O)OC(/C=C/CCCCCCCCCCCCC)C(COP(=O)([O-])OCC[N+](C)(C)C)NC(=O)CCCCCCCCCCCCC/C=C\C/C=C\CCCCC. The molecule has 0 spiro atoms. The van der Waals surface area contributed by atoms with Crippen molar-refractivity contribution >= 4 is 19.7 Å². The lowest BCUT2D eigenvalue weighted by atomic mass is 10.0. The highest BCUT2D eigenvalue weighted by atomic mass is 31.2. The molecule has 3 unspecified atom stereocenters. The molecular weight excluding hydrogens is 1020 g/mol. The molecule has 0 heterocycles. The van der Waals surface area contributed by atoms with E-state index in [-0.39, 0.29) is 24.9 Å². The van der Waals surface area contributed by atoms with E-state index < -0.39 is 26.6 Å². The molecule has 0 aliphatic rings. The monoisotopic (exact) mass is 1150 g/mol. The number of unbranched alkanes of at least 4 members (excludes halogenated alkanes) is 36. The third-order valence-electron chi connectivity index (χ3n) is 15.1. The summed E-state index contributed by atoms with van der Waals surface area (Å²) in [5.41, 5.74) is 0. The van der Waals surface area contributed by atoms with Gasteiger partial charge in [0.05, 0.1) is 33.8 Å². The molecule has 0 aromatic heterocycles. The van der Waals surface area contributed by atoms with Crippen LogP contribution in [0.25, 0.3) is 0 Å². The van der Waals surface area contributed by atoms with E-state index in [9.17, 15) is 19.0 Å². The van der Waals surface area contributed by atoms with E-state index in [4.69, 9.17) is 13.8 Å². The fourth-order valence-electron chi connectivity index (χ4n) is 9.80. The first-order chi connectivity index (χ1) is 39.4. The topological polar surface area (TPSA) is 114 Å². The van der Waals surface area contributed by atoms with Gasteiger partial charge in [0, 0.05) is 12.8 Å². The van der Waals surface area contributed by atoms with Crippen molar-refractivity contribution in [3.63, 3.8) is 0 Å². The molecule has 0 rings (SSSR count). The summed E-state index contributed by atoms with van der Waals surface area (Å²) in [5.74, 6) is -0.544. The van der Waals surface area contributed by atoms with Gasteiger partial charge in [-0.3, -0.25) is 14.2 Å². The number of likely N-dealkylation sites (N-methyl/N-ethyl adjacent to an activating group) is 1. The molecule has 3 atom stereocenters. The van der Waals surface area contributed by atoms with E-state index in [1.807, 2.05) is 33.3 Å². The third-order valence-corrected chi connectivity index (χ3v) is 16.1. The van der Waals surface area contributed by atoms with Crippen molar-refractivity contribution in [2.24, 2.45) is 0 Å². The maximum atomic E-state index is 13.6. The van der Waals surface area contributed by atoms with Crippen LogP contribution >= 0.6 is 7.82 Å². The summed E-state index contributed by atoms with van der Waals surface area (Å²) in [4.78, 5) is 40.2. The number of hydrogen-bond acceptors (Lipinski definition) is 7. The van der Waals surface area contributed by atoms with Crippen LogP contribution < -0.4 is 10.2 Å². The van der Waals surface area contributed by atoms with E-state index in [1.54, 1.807) is 0 Å². The van der Waals surface area contributed by atoms with Gasteiger partial charge in [0.25, 0.3) is 7.82 Å². The number of phosphoric ester groups is 1. The number of hydrogen-bond donors (Lipinski definition) is 1. The molecule has 0 aliphatic carbocycles. The van der Waals surface area contributed by atoms with Crippen molar-refractivity contribution in [2.75, 3.05) is 40.9 Å². The number of amides is 1. The number of carbonyl (C=O) groups is 2. The summed E-state index contributed by atoms with van der Waals surface area (Å²) in [6, 6.07) is -0.896. The fraction of sp³-hybridized carbons (Fsp3) is 0.803. The van der Waals surface area contributed by atoms with Gasteiger partial charge in [-0.05, 0) is 102 Å². The summed E-state index contributed by atoms with van der Waals surface area (Å²) in [5, 5.41) is 3.04. The van der Waals surface area contributed by atoms with Crippen LogP contribution in [0.2, 0.25) is 0 Å². The first-order valence-corrected chi connectivity index (χ1v) is 35.7. The Morgan fingerprint density at radius 2 is 0.753 bits per heavy atom. The molecule has 0 saturated carbocycles. The van der Waals surface area contributed by atoms with E-state index in [1.165, 1.54) is 193 Å². The normalized spacial score (nSPS) is 14.0. The zero-order valence-electron chi connectivity index (χ0n) is 54.0. The molecule has 0 radical (unpaired) electrons. The van der Waals surface area contributed by atoms with Crippen molar-refractivity contribution in [1.82, 2.24) is 5.32 Å². The second-order valence-corrected chi connectivity index (χ2v) is 25.7. The van der Waals surface area contributed by atoms with Crippen LogP contribution in [0.3, 0.4) is 0 Å². The Hall–Kier alpha value is -2.55. The highest BCUT2D eigenvalue weighted by molar-refractivity contribution is 7.45. The van der Waals surface area contributed by atoms with Crippen molar-refractivity contribution in [3.8, 4) is 0 Å². The maximum absolute atomic E-state index is 13.6. The number of ether oxygens (including phenoxy) is 1. The molecule has 0 aromatic carbocycles. The number of nitrogens with one attached hydrogen (secondary N) is 1. The molecule has 0 saturated heterocycles.